The Kier molecular flexibility index (Phi) is 12.8. The molecule has 6 heteroatoms. The third-order valence-electron chi connectivity index (χ3n) is 14.2. The zero-order chi connectivity index (χ0) is 56.8. The van der Waals surface area contributed by atoms with Gasteiger partial charge in [-0.25, -0.2) is 4.98 Å². The first-order valence-corrected chi connectivity index (χ1v) is 29.1. The van der Waals surface area contributed by atoms with Gasteiger partial charge in [0.15, 0.2) is 0 Å². The van der Waals surface area contributed by atoms with Crippen LogP contribution >= 0.6 is 0 Å². The van der Waals surface area contributed by atoms with Gasteiger partial charge in [0.1, 0.15) is 11.6 Å². The number of para-hydroxylation sites is 1. The summed E-state index contributed by atoms with van der Waals surface area (Å²) in [6.07, 6.45) is 1.71. The van der Waals surface area contributed by atoms with Gasteiger partial charge in [0.2, 0.25) is 0 Å². The quantitative estimate of drug-likeness (QED) is 0.122. The molecule has 9 rings (SSSR count). The van der Waals surface area contributed by atoms with E-state index < -0.39 is 14.9 Å². The third-order valence-corrected chi connectivity index (χ3v) is 16.2. The predicted molar refractivity (Wildman–Crippen MR) is 314 cm³/mol. The fourth-order valence-electron chi connectivity index (χ4n) is 9.58. The van der Waals surface area contributed by atoms with Crippen LogP contribution in [0.4, 0.5) is 0 Å². The molecule has 0 atom stereocenters. The predicted octanol–water partition coefficient (Wildman–Crippen LogP) is 18.0. The maximum atomic E-state index is 12.6. The van der Waals surface area contributed by atoms with Crippen LogP contribution in [0.5, 0.6) is 5.75 Å². The van der Waals surface area contributed by atoms with Gasteiger partial charge in [-0.2, -0.15) is 0 Å². The summed E-state index contributed by atoms with van der Waals surface area (Å²) in [6, 6.07) is 48.8. The Bertz CT molecular complexity index is 3770. The second-order valence-corrected chi connectivity index (χ2v) is 30.1. The molecule has 0 aliphatic carbocycles. The van der Waals surface area contributed by atoms with Crippen molar-refractivity contribution in [2.75, 3.05) is 0 Å². The number of fused-ring (bicyclic) bond motifs is 1. The number of rotatable bonds is 8. The zero-order valence-corrected chi connectivity index (χ0v) is 49.2. The van der Waals surface area contributed by atoms with Crippen molar-refractivity contribution in [2.45, 2.75) is 131 Å². The molecule has 2 heterocycles. The summed E-state index contributed by atoms with van der Waals surface area (Å²) in [5.74, 6) is 0.823. The number of hydrogen-bond acceptors (Lipinski definition) is 3. The molecule has 0 unspecified atom stereocenters. The molecule has 0 amide bonds. The SMILES string of the molecule is [2H]c1cc(-c2ccc([Si](C)(C)C)cc2C([2H])([2H])[2H])cc([2H])c1-c1ccnc(-c2[c-]c(-c3cccc4c3nc(-c3cc(C(C)(C)C)cc(C(C)(C)C)c3O)n4-c3ccc(C(C)(C)C)cc3-c3ccccc3)cc(C(C)(C)C)c2)c1.[Pt]. The van der Waals surface area contributed by atoms with Crippen LogP contribution in [0.15, 0.2) is 152 Å². The standard InChI is InChI=1S/C68H74N3OSi.Pt/c1-43-35-53(73(14,15)16)30-31-54(43)46-27-25-44(26-28-46)47-33-34-69-59(39-47)49-36-48(37-51(38-49)66(5,6)7)55-23-20-24-61-62(55)70-64(57-41-52(67(8,9)10)42-58(63(57)72)68(11,12)13)71(61)60-32-29-50(65(2,3)4)40-56(60)45-21-18-17-19-22-45;/h17-35,37-42,72H,1-16H3;/q-1;/i1D3,25D,26D;. The molecule has 0 spiro atoms. The number of aryl methyl sites for hydroxylation is 1. The van der Waals surface area contributed by atoms with Crippen LogP contribution in [-0.2, 0) is 42.7 Å². The minimum absolute atomic E-state index is 0. The summed E-state index contributed by atoms with van der Waals surface area (Å²) >= 11 is 0. The van der Waals surface area contributed by atoms with E-state index >= 15 is 0 Å². The summed E-state index contributed by atoms with van der Waals surface area (Å²) in [7, 11) is -1.83. The topological polar surface area (TPSA) is 50.9 Å². The van der Waals surface area contributed by atoms with Crippen LogP contribution in [0.25, 0.3) is 83.9 Å². The van der Waals surface area contributed by atoms with E-state index in [9.17, 15) is 7.85 Å². The van der Waals surface area contributed by atoms with Gasteiger partial charge >= 0.3 is 0 Å². The summed E-state index contributed by atoms with van der Waals surface area (Å²) in [4.78, 5) is 10.6. The molecule has 1 N–H and O–H groups in total. The molecule has 0 aliphatic rings. The van der Waals surface area contributed by atoms with Gasteiger partial charge in [-0.1, -0.05) is 222 Å². The van der Waals surface area contributed by atoms with Gasteiger partial charge in [-0.05, 0) is 103 Å². The molecule has 74 heavy (non-hydrogen) atoms. The van der Waals surface area contributed by atoms with E-state index in [1.807, 2.05) is 30.3 Å². The Hall–Kier alpha value is -6.13. The molecule has 9 aromatic rings. The first-order chi connectivity index (χ1) is 36.2. The third kappa shape index (κ3) is 10.8. The van der Waals surface area contributed by atoms with E-state index in [2.05, 4.69) is 198 Å². The van der Waals surface area contributed by atoms with E-state index in [1.54, 1.807) is 24.4 Å². The van der Waals surface area contributed by atoms with Crippen LogP contribution in [0.3, 0.4) is 0 Å². The van der Waals surface area contributed by atoms with Gasteiger partial charge in [-0.15, -0.1) is 29.3 Å². The van der Waals surface area contributed by atoms with Crippen molar-refractivity contribution in [1.82, 2.24) is 14.5 Å². The molecule has 2 aromatic heterocycles. The molecule has 0 radical (unpaired) electrons. The minimum atomic E-state index is -2.37. The maximum absolute atomic E-state index is 12.6. The van der Waals surface area contributed by atoms with Crippen molar-refractivity contribution >= 4 is 24.3 Å². The van der Waals surface area contributed by atoms with Crippen molar-refractivity contribution in [1.29, 1.82) is 0 Å². The van der Waals surface area contributed by atoms with E-state index in [-0.39, 0.29) is 66.1 Å². The van der Waals surface area contributed by atoms with Gasteiger partial charge in [0.25, 0.3) is 0 Å². The number of aromatic nitrogens is 3. The van der Waals surface area contributed by atoms with Crippen LogP contribution in [0, 0.1) is 12.9 Å². The summed E-state index contributed by atoms with van der Waals surface area (Å²) < 4.78 is 46.3. The van der Waals surface area contributed by atoms with Crippen molar-refractivity contribution in [2.24, 2.45) is 0 Å². The molecule has 0 saturated carbocycles. The molecular formula is C68H74N3OPtSi-. The van der Waals surface area contributed by atoms with Gasteiger partial charge < -0.3 is 5.11 Å². The molecule has 0 aliphatic heterocycles. The number of phenolic OH excluding ortho intramolecular Hbond substituents is 1. The molecule has 0 saturated heterocycles. The van der Waals surface area contributed by atoms with Crippen molar-refractivity contribution in [3.63, 3.8) is 0 Å². The molecule has 4 nitrogen and oxygen atoms in total. The number of imidazole rings is 1. The molecule has 0 bridgehead atoms. The second kappa shape index (κ2) is 19.9. The number of benzene rings is 7. The number of phenols is 1. The van der Waals surface area contributed by atoms with Gasteiger partial charge in [0.05, 0.1) is 33.1 Å². The zero-order valence-electron chi connectivity index (χ0n) is 50.9. The van der Waals surface area contributed by atoms with Gasteiger partial charge in [-0.3, -0.25) is 9.55 Å². The molecule has 7 aromatic carbocycles. The Morgan fingerprint density at radius 3 is 1.82 bits per heavy atom. The van der Waals surface area contributed by atoms with E-state index in [1.165, 1.54) is 5.56 Å². The fraction of sp³-hybridized carbons (Fsp3) is 0.294. The average molecular weight is 1180 g/mol. The Morgan fingerprint density at radius 1 is 0.554 bits per heavy atom. The maximum Gasteiger partial charge on any atom is 0.148 e. The van der Waals surface area contributed by atoms with E-state index in [4.69, 9.17) is 14.1 Å². The van der Waals surface area contributed by atoms with Crippen molar-refractivity contribution in [3.8, 4) is 78.6 Å². The number of aromatic hydroxyl groups is 1. The van der Waals surface area contributed by atoms with Crippen molar-refractivity contribution < 1.29 is 33.0 Å². The monoisotopic (exact) mass is 1180 g/mol. The number of hydrogen-bond donors (Lipinski definition) is 1. The van der Waals surface area contributed by atoms with Crippen LogP contribution in [0.2, 0.25) is 19.6 Å². The summed E-state index contributed by atoms with van der Waals surface area (Å²) in [5, 5.41) is 13.7. The Morgan fingerprint density at radius 2 is 1.19 bits per heavy atom. The average Bonchev–Trinajstić information content (AvgIpc) is 3.85. The van der Waals surface area contributed by atoms with Crippen molar-refractivity contribution in [3.05, 3.63) is 186 Å². The Labute approximate surface area is 464 Å². The van der Waals surface area contributed by atoms with Crippen LogP contribution in [0.1, 0.15) is 118 Å². The van der Waals surface area contributed by atoms with Crippen LogP contribution in [-0.4, -0.2) is 27.7 Å². The first kappa shape index (κ1) is 47.6. The largest absolute Gasteiger partial charge is 0.507 e. The minimum Gasteiger partial charge on any atom is -0.507 e. The second-order valence-electron chi connectivity index (χ2n) is 25.0. The smallest absolute Gasteiger partial charge is 0.148 e. The first-order valence-electron chi connectivity index (χ1n) is 28.1. The van der Waals surface area contributed by atoms with Crippen LogP contribution < -0.4 is 5.19 Å². The Balaban J connectivity index is 0.00000822. The molecular weight excluding hydrogens is 1100 g/mol. The summed E-state index contributed by atoms with van der Waals surface area (Å²) in [5.41, 5.74) is 13.8. The number of nitrogens with zero attached hydrogens (tertiary/aromatic N) is 3. The van der Waals surface area contributed by atoms with E-state index in [0.29, 0.717) is 39.3 Å². The molecule has 0 fully saturated rings. The number of pyridine rings is 1. The molecule has 382 valence electrons. The fourth-order valence-corrected chi connectivity index (χ4v) is 10.7. The van der Waals surface area contributed by atoms with E-state index in [0.717, 1.165) is 66.4 Å². The summed E-state index contributed by atoms with van der Waals surface area (Å²) in [6.45, 7) is 30.5. The van der Waals surface area contributed by atoms with Gasteiger partial charge in [0, 0.05) is 48.2 Å². The normalized spacial score (nSPS) is 13.7.